The Morgan fingerprint density at radius 1 is 1.07 bits per heavy atom. The summed E-state index contributed by atoms with van der Waals surface area (Å²) >= 11 is 0. The Bertz CT molecular complexity index is 1070. The maximum atomic E-state index is 5.36. The summed E-state index contributed by atoms with van der Waals surface area (Å²) < 4.78 is 7.42. The minimum absolute atomic E-state index is 0.0809. The van der Waals surface area contributed by atoms with E-state index < -0.39 is 0 Å². The molecule has 0 saturated heterocycles. The molecule has 3 aromatic heterocycles. The molecule has 4 rings (SSSR count). The van der Waals surface area contributed by atoms with E-state index in [0.29, 0.717) is 5.88 Å². The molecule has 1 atom stereocenters. The van der Waals surface area contributed by atoms with E-state index in [9.17, 15) is 0 Å². The molecule has 0 saturated carbocycles. The summed E-state index contributed by atoms with van der Waals surface area (Å²) in [6.07, 6.45) is 5.83. The zero-order chi connectivity index (χ0) is 18.8. The predicted octanol–water partition coefficient (Wildman–Crippen LogP) is 4.89. The van der Waals surface area contributed by atoms with Crippen molar-refractivity contribution in [2.75, 3.05) is 12.4 Å². The van der Waals surface area contributed by atoms with Crippen LogP contribution in [0.15, 0.2) is 67.1 Å². The number of anilines is 1. The van der Waals surface area contributed by atoms with Crippen molar-refractivity contribution in [2.45, 2.75) is 19.9 Å². The minimum atomic E-state index is 0.0809. The number of hydrogen-bond acceptors (Lipinski definition) is 4. The topological polar surface area (TPSA) is 51.5 Å². The van der Waals surface area contributed by atoms with Crippen LogP contribution < -0.4 is 10.1 Å². The lowest BCUT2D eigenvalue weighted by molar-refractivity contribution is 0.390. The smallest absolute Gasteiger partial charge is 0.218 e. The standard InChI is InChI=1S/C22H22N4O/c1-15-6-5-13-26-14-20(25-21(15)26)17-8-10-18(11-9-17)24-16(2)19-7-4-12-23-22(19)27-3/h4-14,16,24H,1-3H3. The van der Waals surface area contributed by atoms with Crippen molar-refractivity contribution in [1.29, 1.82) is 0 Å². The summed E-state index contributed by atoms with van der Waals surface area (Å²) in [6.45, 7) is 4.17. The molecule has 0 amide bonds. The van der Waals surface area contributed by atoms with Crippen molar-refractivity contribution < 1.29 is 4.74 Å². The second-order valence-corrected chi connectivity index (χ2v) is 6.59. The van der Waals surface area contributed by atoms with Crippen LogP contribution in [-0.4, -0.2) is 21.5 Å². The normalized spacial score (nSPS) is 12.1. The molecular formula is C22H22N4O. The Labute approximate surface area is 158 Å². The highest BCUT2D eigenvalue weighted by Gasteiger charge is 2.12. The highest BCUT2D eigenvalue weighted by atomic mass is 16.5. The van der Waals surface area contributed by atoms with Gasteiger partial charge in [-0.3, -0.25) is 0 Å². The third-order valence-corrected chi connectivity index (χ3v) is 4.70. The minimum Gasteiger partial charge on any atom is -0.481 e. The number of ether oxygens (including phenoxy) is 1. The molecule has 4 aromatic rings. The van der Waals surface area contributed by atoms with Crippen LogP contribution in [0.4, 0.5) is 5.69 Å². The van der Waals surface area contributed by atoms with Gasteiger partial charge in [-0.1, -0.05) is 24.3 Å². The average molecular weight is 358 g/mol. The van der Waals surface area contributed by atoms with Crippen molar-refractivity contribution in [3.63, 3.8) is 0 Å². The number of methoxy groups -OCH3 is 1. The Morgan fingerprint density at radius 3 is 2.63 bits per heavy atom. The Hall–Kier alpha value is -3.34. The van der Waals surface area contributed by atoms with Crippen LogP contribution in [0.1, 0.15) is 24.1 Å². The number of hydrogen-bond donors (Lipinski definition) is 1. The maximum absolute atomic E-state index is 5.36. The third-order valence-electron chi connectivity index (χ3n) is 4.70. The molecule has 0 radical (unpaired) electrons. The van der Waals surface area contributed by atoms with Crippen molar-refractivity contribution in [3.05, 3.63) is 78.2 Å². The van der Waals surface area contributed by atoms with E-state index in [2.05, 4.69) is 65.1 Å². The summed E-state index contributed by atoms with van der Waals surface area (Å²) in [5.41, 5.74) is 6.29. The number of fused-ring (bicyclic) bond motifs is 1. The first-order valence-electron chi connectivity index (χ1n) is 8.96. The van der Waals surface area contributed by atoms with E-state index in [4.69, 9.17) is 9.72 Å². The van der Waals surface area contributed by atoms with E-state index in [1.165, 1.54) is 5.56 Å². The van der Waals surface area contributed by atoms with Crippen LogP contribution in [0.3, 0.4) is 0 Å². The van der Waals surface area contributed by atoms with Gasteiger partial charge in [-0.2, -0.15) is 0 Å². The summed E-state index contributed by atoms with van der Waals surface area (Å²) in [4.78, 5) is 9.03. The summed E-state index contributed by atoms with van der Waals surface area (Å²) in [5, 5.41) is 3.50. The van der Waals surface area contributed by atoms with Gasteiger partial charge in [-0.25, -0.2) is 9.97 Å². The second kappa shape index (κ2) is 7.11. The lowest BCUT2D eigenvalue weighted by Gasteiger charge is -2.17. The highest BCUT2D eigenvalue weighted by Crippen LogP contribution is 2.27. The van der Waals surface area contributed by atoms with Gasteiger partial charge >= 0.3 is 0 Å². The number of imidazole rings is 1. The van der Waals surface area contributed by atoms with E-state index >= 15 is 0 Å². The second-order valence-electron chi connectivity index (χ2n) is 6.59. The van der Waals surface area contributed by atoms with Gasteiger partial charge in [0.2, 0.25) is 5.88 Å². The van der Waals surface area contributed by atoms with Crippen LogP contribution in [0.2, 0.25) is 0 Å². The van der Waals surface area contributed by atoms with E-state index in [1.54, 1.807) is 13.3 Å². The fourth-order valence-electron chi connectivity index (χ4n) is 3.26. The van der Waals surface area contributed by atoms with Crippen molar-refractivity contribution >= 4 is 11.3 Å². The molecule has 136 valence electrons. The van der Waals surface area contributed by atoms with Crippen molar-refractivity contribution in [3.8, 4) is 17.1 Å². The van der Waals surface area contributed by atoms with Gasteiger partial charge in [0.25, 0.3) is 0 Å². The van der Waals surface area contributed by atoms with E-state index in [0.717, 1.165) is 28.2 Å². The first kappa shape index (κ1) is 17.1. The molecule has 0 aliphatic rings. The fourth-order valence-corrected chi connectivity index (χ4v) is 3.26. The van der Waals surface area contributed by atoms with Crippen LogP contribution in [0.25, 0.3) is 16.9 Å². The monoisotopic (exact) mass is 358 g/mol. The Kier molecular flexibility index (Phi) is 4.50. The summed E-state index contributed by atoms with van der Waals surface area (Å²) in [6, 6.07) is 16.5. The lowest BCUT2D eigenvalue weighted by Crippen LogP contribution is -2.08. The molecule has 0 aliphatic carbocycles. The van der Waals surface area contributed by atoms with Crippen molar-refractivity contribution in [1.82, 2.24) is 14.4 Å². The van der Waals surface area contributed by atoms with Crippen LogP contribution in [0, 0.1) is 6.92 Å². The molecule has 1 unspecified atom stereocenters. The predicted molar refractivity (Wildman–Crippen MR) is 108 cm³/mol. The van der Waals surface area contributed by atoms with Crippen molar-refractivity contribution in [2.24, 2.45) is 0 Å². The molecule has 1 aromatic carbocycles. The van der Waals surface area contributed by atoms with Gasteiger partial charge in [0.1, 0.15) is 5.65 Å². The SMILES string of the molecule is COc1ncccc1C(C)Nc1ccc(-c2cn3cccc(C)c3n2)cc1. The van der Waals surface area contributed by atoms with Gasteiger partial charge in [0.15, 0.2) is 0 Å². The first-order chi connectivity index (χ1) is 13.2. The average Bonchev–Trinajstić information content (AvgIpc) is 3.14. The number of benzene rings is 1. The summed E-state index contributed by atoms with van der Waals surface area (Å²) in [7, 11) is 1.64. The third kappa shape index (κ3) is 3.36. The number of aromatic nitrogens is 3. The molecule has 0 bridgehead atoms. The fraction of sp³-hybridized carbons (Fsp3) is 0.182. The Morgan fingerprint density at radius 2 is 1.89 bits per heavy atom. The molecule has 3 heterocycles. The van der Waals surface area contributed by atoms with E-state index in [1.807, 2.05) is 24.4 Å². The maximum Gasteiger partial charge on any atom is 0.218 e. The molecule has 1 N–H and O–H groups in total. The largest absolute Gasteiger partial charge is 0.481 e. The molecule has 0 aliphatic heterocycles. The first-order valence-corrected chi connectivity index (χ1v) is 8.96. The van der Waals surface area contributed by atoms with Gasteiger partial charge in [0.05, 0.1) is 18.8 Å². The van der Waals surface area contributed by atoms with Gasteiger partial charge in [-0.15, -0.1) is 0 Å². The van der Waals surface area contributed by atoms with Gasteiger partial charge < -0.3 is 14.5 Å². The molecule has 0 fully saturated rings. The van der Waals surface area contributed by atoms with Crippen LogP contribution in [0.5, 0.6) is 5.88 Å². The number of nitrogens with one attached hydrogen (secondary N) is 1. The number of aryl methyl sites for hydroxylation is 1. The van der Waals surface area contributed by atoms with Gasteiger partial charge in [0, 0.05) is 35.4 Å². The zero-order valence-corrected chi connectivity index (χ0v) is 15.7. The molecule has 0 spiro atoms. The van der Waals surface area contributed by atoms with Crippen LogP contribution >= 0.6 is 0 Å². The van der Waals surface area contributed by atoms with Gasteiger partial charge in [-0.05, 0) is 43.7 Å². The quantitative estimate of drug-likeness (QED) is 0.552. The molecule has 5 heteroatoms. The number of nitrogens with zero attached hydrogens (tertiary/aromatic N) is 3. The molecular weight excluding hydrogens is 336 g/mol. The molecule has 27 heavy (non-hydrogen) atoms. The zero-order valence-electron chi connectivity index (χ0n) is 15.7. The Balaban J connectivity index is 1.55. The number of rotatable bonds is 5. The molecule has 5 nitrogen and oxygen atoms in total. The highest BCUT2D eigenvalue weighted by molar-refractivity contribution is 5.66. The lowest BCUT2D eigenvalue weighted by atomic mass is 10.1. The van der Waals surface area contributed by atoms with Crippen LogP contribution in [-0.2, 0) is 0 Å². The number of pyridine rings is 2. The van der Waals surface area contributed by atoms with E-state index in [-0.39, 0.29) is 6.04 Å². The summed E-state index contributed by atoms with van der Waals surface area (Å²) in [5.74, 6) is 0.647.